The minimum Gasteiger partial charge on any atom is -0.381 e. The number of thioether (sulfide) groups is 1. The normalized spacial score (nSPS) is 16.0. The second kappa shape index (κ2) is 12.2. The van der Waals surface area contributed by atoms with E-state index in [2.05, 4.69) is 53.1 Å². The number of rotatable bonds is 9. The lowest BCUT2D eigenvalue weighted by atomic mass is 10.1. The Labute approximate surface area is 156 Å². The Hall–Kier alpha value is -1.24. The third kappa shape index (κ3) is 8.12. The van der Waals surface area contributed by atoms with Crippen LogP contribution in [0.5, 0.6) is 0 Å². The van der Waals surface area contributed by atoms with Crippen LogP contribution >= 0.6 is 11.8 Å². The summed E-state index contributed by atoms with van der Waals surface area (Å²) in [4.78, 5) is 4.64. The predicted molar refractivity (Wildman–Crippen MR) is 106 cm³/mol. The minimum absolute atomic E-state index is 0.341. The monoisotopic (exact) mass is 365 g/mol. The maximum atomic E-state index is 5.96. The van der Waals surface area contributed by atoms with E-state index >= 15 is 0 Å². The van der Waals surface area contributed by atoms with Gasteiger partial charge in [-0.05, 0) is 37.1 Å². The molecule has 1 aromatic rings. The fraction of sp³-hybridized carbons (Fsp3) is 0.632. The third-order valence-electron chi connectivity index (χ3n) is 4.04. The van der Waals surface area contributed by atoms with Gasteiger partial charge in [0.15, 0.2) is 5.96 Å². The SMILES string of the molecule is CCNC(=NCc1ccc(COC2CCOCC2)cc1)NCCSC. The summed E-state index contributed by atoms with van der Waals surface area (Å²) in [6.45, 7) is 6.87. The Kier molecular flexibility index (Phi) is 9.77. The molecule has 0 aromatic heterocycles. The van der Waals surface area contributed by atoms with Crippen LogP contribution in [0.15, 0.2) is 29.3 Å². The van der Waals surface area contributed by atoms with Crippen LogP contribution in [0.4, 0.5) is 0 Å². The molecule has 6 heteroatoms. The van der Waals surface area contributed by atoms with Crippen molar-refractivity contribution in [3.8, 4) is 0 Å². The Bertz CT molecular complexity index is 502. The summed E-state index contributed by atoms with van der Waals surface area (Å²) in [5.74, 6) is 1.95. The number of hydrogen-bond acceptors (Lipinski definition) is 4. The third-order valence-corrected chi connectivity index (χ3v) is 4.65. The van der Waals surface area contributed by atoms with E-state index in [0.717, 1.165) is 50.9 Å². The van der Waals surface area contributed by atoms with Gasteiger partial charge in [-0.2, -0.15) is 11.8 Å². The maximum absolute atomic E-state index is 5.96. The van der Waals surface area contributed by atoms with Crippen molar-refractivity contribution >= 4 is 17.7 Å². The van der Waals surface area contributed by atoms with Gasteiger partial charge in [0.1, 0.15) is 0 Å². The number of ether oxygens (including phenoxy) is 2. The summed E-state index contributed by atoms with van der Waals surface area (Å²) in [7, 11) is 0. The van der Waals surface area contributed by atoms with Crippen LogP contribution in [0.2, 0.25) is 0 Å². The van der Waals surface area contributed by atoms with Crippen molar-refractivity contribution in [2.75, 3.05) is 38.3 Å². The first kappa shape index (κ1) is 20.1. The van der Waals surface area contributed by atoms with Crippen LogP contribution in [-0.4, -0.2) is 50.4 Å². The smallest absolute Gasteiger partial charge is 0.191 e. The first-order valence-electron chi connectivity index (χ1n) is 9.10. The molecule has 0 amide bonds. The molecule has 1 aliphatic heterocycles. The van der Waals surface area contributed by atoms with Gasteiger partial charge in [0.05, 0.1) is 19.3 Å². The summed E-state index contributed by atoms with van der Waals surface area (Å²) in [6.07, 6.45) is 4.46. The summed E-state index contributed by atoms with van der Waals surface area (Å²) in [5, 5.41) is 6.63. The Morgan fingerprint density at radius 2 is 1.92 bits per heavy atom. The van der Waals surface area contributed by atoms with E-state index in [1.165, 1.54) is 11.1 Å². The van der Waals surface area contributed by atoms with Crippen molar-refractivity contribution in [1.82, 2.24) is 10.6 Å². The molecule has 1 fully saturated rings. The van der Waals surface area contributed by atoms with Crippen molar-refractivity contribution in [2.24, 2.45) is 4.99 Å². The van der Waals surface area contributed by atoms with Crippen molar-refractivity contribution in [1.29, 1.82) is 0 Å². The molecule has 25 heavy (non-hydrogen) atoms. The van der Waals surface area contributed by atoms with E-state index in [4.69, 9.17) is 9.47 Å². The molecule has 5 nitrogen and oxygen atoms in total. The first-order chi connectivity index (χ1) is 12.3. The van der Waals surface area contributed by atoms with Gasteiger partial charge >= 0.3 is 0 Å². The number of benzene rings is 1. The molecule has 0 aliphatic carbocycles. The second-order valence-electron chi connectivity index (χ2n) is 6.05. The van der Waals surface area contributed by atoms with Gasteiger partial charge in [-0.15, -0.1) is 0 Å². The summed E-state index contributed by atoms with van der Waals surface area (Å²) < 4.78 is 11.3. The average molecular weight is 366 g/mol. The van der Waals surface area contributed by atoms with E-state index in [1.807, 2.05) is 11.8 Å². The van der Waals surface area contributed by atoms with Crippen LogP contribution < -0.4 is 10.6 Å². The van der Waals surface area contributed by atoms with Gasteiger partial charge in [0.25, 0.3) is 0 Å². The first-order valence-corrected chi connectivity index (χ1v) is 10.5. The highest BCUT2D eigenvalue weighted by Gasteiger charge is 2.13. The van der Waals surface area contributed by atoms with Crippen LogP contribution in [0, 0.1) is 0 Å². The zero-order valence-electron chi connectivity index (χ0n) is 15.4. The van der Waals surface area contributed by atoms with Crippen molar-refractivity contribution in [3.63, 3.8) is 0 Å². The highest BCUT2D eigenvalue weighted by Crippen LogP contribution is 2.14. The molecule has 2 N–H and O–H groups in total. The average Bonchev–Trinajstić information content (AvgIpc) is 2.66. The Morgan fingerprint density at radius 1 is 1.20 bits per heavy atom. The number of nitrogens with zero attached hydrogens (tertiary/aromatic N) is 1. The molecular formula is C19H31N3O2S. The molecule has 0 spiro atoms. The number of guanidine groups is 1. The van der Waals surface area contributed by atoms with Crippen molar-refractivity contribution in [3.05, 3.63) is 35.4 Å². The molecule has 2 rings (SSSR count). The van der Waals surface area contributed by atoms with Crippen LogP contribution in [0.1, 0.15) is 30.9 Å². The van der Waals surface area contributed by atoms with E-state index in [-0.39, 0.29) is 0 Å². The zero-order valence-corrected chi connectivity index (χ0v) is 16.2. The molecule has 1 aromatic carbocycles. The van der Waals surface area contributed by atoms with Crippen LogP contribution in [-0.2, 0) is 22.6 Å². The quantitative estimate of drug-likeness (QED) is 0.400. The van der Waals surface area contributed by atoms with Crippen molar-refractivity contribution in [2.45, 2.75) is 39.0 Å². The topological polar surface area (TPSA) is 54.9 Å². The predicted octanol–water partition coefficient (Wildman–Crippen LogP) is 2.80. The van der Waals surface area contributed by atoms with Gasteiger partial charge in [0.2, 0.25) is 0 Å². The number of hydrogen-bond donors (Lipinski definition) is 2. The zero-order chi connectivity index (χ0) is 17.7. The molecule has 1 heterocycles. The summed E-state index contributed by atoms with van der Waals surface area (Å²) in [6, 6.07) is 8.55. The molecule has 0 bridgehead atoms. The molecular weight excluding hydrogens is 334 g/mol. The highest BCUT2D eigenvalue weighted by atomic mass is 32.2. The number of aliphatic imine (C=N–C) groups is 1. The lowest BCUT2D eigenvalue weighted by Gasteiger charge is -2.22. The van der Waals surface area contributed by atoms with Crippen LogP contribution in [0.3, 0.4) is 0 Å². The molecule has 0 saturated carbocycles. The fourth-order valence-electron chi connectivity index (χ4n) is 2.58. The highest BCUT2D eigenvalue weighted by molar-refractivity contribution is 7.98. The molecule has 1 aliphatic rings. The molecule has 1 saturated heterocycles. The molecule has 0 radical (unpaired) electrons. The van der Waals surface area contributed by atoms with E-state index in [0.29, 0.717) is 19.3 Å². The van der Waals surface area contributed by atoms with Crippen molar-refractivity contribution < 1.29 is 9.47 Å². The van der Waals surface area contributed by atoms with Gasteiger partial charge in [-0.25, -0.2) is 4.99 Å². The van der Waals surface area contributed by atoms with Gasteiger partial charge in [-0.3, -0.25) is 0 Å². The molecule has 140 valence electrons. The van der Waals surface area contributed by atoms with E-state index < -0.39 is 0 Å². The largest absolute Gasteiger partial charge is 0.381 e. The molecule has 0 atom stereocenters. The Morgan fingerprint density at radius 3 is 2.60 bits per heavy atom. The van der Waals surface area contributed by atoms with Gasteiger partial charge < -0.3 is 20.1 Å². The lowest BCUT2D eigenvalue weighted by molar-refractivity contribution is -0.0390. The second-order valence-corrected chi connectivity index (χ2v) is 7.04. The number of nitrogens with one attached hydrogen (secondary N) is 2. The summed E-state index contributed by atoms with van der Waals surface area (Å²) in [5.41, 5.74) is 2.42. The molecule has 0 unspecified atom stereocenters. The fourth-order valence-corrected chi connectivity index (χ4v) is 2.89. The standard InChI is InChI=1S/C19H31N3O2S/c1-3-20-19(21-10-13-25-2)22-14-16-4-6-17(7-5-16)15-24-18-8-11-23-12-9-18/h4-7,18H,3,8-15H2,1-2H3,(H2,20,21,22). The van der Waals surface area contributed by atoms with Crippen LogP contribution in [0.25, 0.3) is 0 Å². The van der Waals surface area contributed by atoms with E-state index in [9.17, 15) is 0 Å². The minimum atomic E-state index is 0.341. The lowest BCUT2D eigenvalue weighted by Crippen LogP contribution is -2.38. The Balaban J connectivity index is 1.78. The maximum Gasteiger partial charge on any atom is 0.191 e. The summed E-state index contributed by atoms with van der Waals surface area (Å²) >= 11 is 1.83. The van der Waals surface area contributed by atoms with Gasteiger partial charge in [-0.1, -0.05) is 24.3 Å². The van der Waals surface area contributed by atoms with E-state index in [1.54, 1.807) is 0 Å². The van der Waals surface area contributed by atoms with Gasteiger partial charge in [0, 0.05) is 32.1 Å².